The maximum atomic E-state index is 3.60. The SMILES string of the molecule is CCNC1CCCC(CCC(C)C)C1. The summed E-state index contributed by atoms with van der Waals surface area (Å²) in [6.07, 6.45) is 8.64. The summed E-state index contributed by atoms with van der Waals surface area (Å²) in [6.45, 7) is 8.04. The fraction of sp³-hybridized carbons (Fsp3) is 1.00. The van der Waals surface area contributed by atoms with Crippen molar-refractivity contribution in [3.05, 3.63) is 0 Å². The van der Waals surface area contributed by atoms with Crippen LogP contribution in [0.15, 0.2) is 0 Å². The third-order valence-corrected chi connectivity index (χ3v) is 3.43. The molecule has 14 heavy (non-hydrogen) atoms. The third-order valence-electron chi connectivity index (χ3n) is 3.43. The Balaban J connectivity index is 2.18. The number of nitrogens with one attached hydrogen (secondary N) is 1. The van der Waals surface area contributed by atoms with Gasteiger partial charge in [-0.15, -0.1) is 0 Å². The highest BCUT2D eigenvalue weighted by molar-refractivity contribution is 4.77. The molecule has 0 aromatic carbocycles. The van der Waals surface area contributed by atoms with Crippen LogP contribution in [-0.4, -0.2) is 12.6 Å². The van der Waals surface area contributed by atoms with E-state index < -0.39 is 0 Å². The molecule has 1 fully saturated rings. The molecular formula is C13H27N. The van der Waals surface area contributed by atoms with Crippen LogP contribution in [0.25, 0.3) is 0 Å². The summed E-state index contributed by atoms with van der Waals surface area (Å²) in [6, 6.07) is 0.825. The predicted molar refractivity (Wildman–Crippen MR) is 63.5 cm³/mol. The molecule has 1 aliphatic carbocycles. The molecule has 1 heteroatoms. The van der Waals surface area contributed by atoms with Crippen molar-refractivity contribution >= 4 is 0 Å². The van der Waals surface area contributed by atoms with E-state index in [0.717, 1.165) is 24.4 Å². The zero-order valence-electron chi connectivity index (χ0n) is 10.2. The second kappa shape index (κ2) is 6.44. The van der Waals surface area contributed by atoms with Gasteiger partial charge in [-0.2, -0.15) is 0 Å². The molecule has 0 amide bonds. The molecule has 0 spiro atoms. The first-order valence-corrected chi connectivity index (χ1v) is 6.45. The van der Waals surface area contributed by atoms with Crippen LogP contribution in [0.4, 0.5) is 0 Å². The van der Waals surface area contributed by atoms with E-state index in [1.54, 1.807) is 0 Å². The van der Waals surface area contributed by atoms with Gasteiger partial charge >= 0.3 is 0 Å². The van der Waals surface area contributed by atoms with Gasteiger partial charge in [-0.1, -0.05) is 46.5 Å². The van der Waals surface area contributed by atoms with Crippen LogP contribution in [-0.2, 0) is 0 Å². The Hall–Kier alpha value is -0.0400. The van der Waals surface area contributed by atoms with Crippen molar-refractivity contribution < 1.29 is 0 Å². The third kappa shape index (κ3) is 4.45. The molecule has 1 rings (SSSR count). The highest BCUT2D eigenvalue weighted by Gasteiger charge is 2.20. The zero-order chi connectivity index (χ0) is 10.4. The van der Waals surface area contributed by atoms with Crippen molar-refractivity contribution in [2.45, 2.75) is 65.3 Å². The van der Waals surface area contributed by atoms with Crippen molar-refractivity contribution in [3.63, 3.8) is 0 Å². The highest BCUT2D eigenvalue weighted by atomic mass is 14.9. The first-order chi connectivity index (χ1) is 6.72. The van der Waals surface area contributed by atoms with E-state index in [1.165, 1.54) is 38.5 Å². The second-order valence-electron chi connectivity index (χ2n) is 5.26. The first kappa shape index (κ1) is 12.0. The van der Waals surface area contributed by atoms with Gasteiger partial charge in [0.05, 0.1) is 0 Å². The lowest BCUT2D eigenvalue weighted by molar-refractivity contribution is 0.264. The van der Waals surface area contributed by atoms with E-state index >= 15 is 0 Å². The lowest BCUT2D eigenvalue weighted by Gasteiger charge is -2.30. The normalized spacial score (nSPS) is 28.3. The standard InChI is InChI=1S/C13H27N/c1-4-14-13-7-5-6-12(10-13)9-8-11(2)3/h11-14H,4-10H2,1-3H3. The van der Waals surface area contributed by atoms with Gasteiger partial charge in [0.25, 0.3) is 0 Å². The maximum Gasteiger partial charge on any atom is 0.00695 e. The molecule has 0 bridgehead atoms. The van der Waals surface area contributed by atoms with E-state index in [2.05, 4.69) is 26.1 Å². The van der Waals surface area contributed by atoms with Crippen LogP contribution in [0, 0.1) is 11.8 Å². The molecule has 0 aliphatic heterocycles. The smallest absolute Gasteiger partial charge is 0.00695 e. The predicted octanol–water partition coefficient (Wildman–Crippen LogP) is 3.59. The van der Waals surface area contributed by atoms with E-state index in [0.29, 0.717) is 0 Å². The summed E-state index contributed by atoms with van der Waals surface area (Å²) in [5, 5.41) is 3.60. The van der Waals surface area contributed by atoms with Crippen molar-refractivity contribution in [2.24, 2.45) is 11.8 Å². The molecule has 0 heterocycles. The van der Waals surface area contributed by atoms with Gasteiger partial charge in [0, 0.05) is 6.04 Å². The largest absolute Gasteiger partial charge is 0.314 e. The average Bonchev–Trinajstić information content (AvgIpc) is 2.16. The Morgan fingerprint density at radius 3 is 2.71 bits per heavy atom. The molecule has 2 unspecified atom stereocenters. The maximum absolute atomic E-state index is 3.60. The summed E-state index contributed by atoms with van der Waals surface area (Å²) in [7, 11) is 0. The Bertz CT molecular complexity index is 140. The van der Waals surface area contributed by atoms with Crippen molar-refractivity contribution in [1.29, 1.82) is 0 Å². The van der Waals surface area contributed by atoms with Crippen molar-refractivity contribution in [2.75, 3.05) is 6.54 Å². The number of rotatable bonds is 5. The summed E-state index contributed by atoms with van der Waals surface area (Å²) in [5.41, 5.74) is 0. The van der Waals surface area contributed by atoms with Crippen LogP contribution in [0.2, 0.25) is 0 Å². The van der Waals surface area contributed by atoms with Gasteiger partial charge in [0.1, 0.15) is 0 Å². The quantitative estimate of drug-likeness (QED) is 0.710. The van der Waals surface area contributed by atoms with E-state index in [-0.39, 0.29) is 0 Å². The minimum atomic E-state index is 0.825. The Morgan fingerprint density at radius 2 is 2.07 bits per heavy atom. The fourth-order valence-electron chi connectivity index (χ4n) is 2.60. The van der Waals surface area contributed by atoms with E-state index in [9.17, 15) is 0 Å². The molecule has 84 valence electrons. The topological polar surface area (TPSA) is 12.0 Å². The Kier molecular flexibility index (Phi) is 5.54. The minimum absolute atomic E-state index is 0.825. The molecule has 0 aromatic rings. The summed E-state index contributed by atoms with van der Waals surface area (Å²) in [5.74, 6) is 1.89. The molecule has 0 saturated heterocycles. The zero-order valence-corrected chi connectivity index (χ0v) is 10.2. The van der Waals surface area contributed by atoms with Crippen LogP contribution >= 0.6 is 0 Å². The average molecular weight is 197 g/mol. The van der Waals surface area contributed by atoms with Gasteiger partial charge < -0.3 is 5.32 Å². The van der Waals surface area contributed by atoms with E-state index in [4.69, 9.17) is 0 Å². The summed E-state index contributed by atoms with van der Waals surface area (Å²) < 4.78 is 0. The van der Waals surface area contributed by atoms with Gasteiger partial charge in [0.15, 0.2) is 0 Å². The lowest BCUT2D eigenvalue weighted by Crippen LogP contribution is -2.33. The molecule has 1 aliphatic rings. The fourth-order valence-corrected chi connectivity index (χ4v) is 2.60. The van der Waals surface area contributed by atoms with Crippen molar-refractivity contribution in [3.8, 4) is 0 Å². The van der Waals surface area contributed by atoms with Gasteiger partial charge in [0.2, 0.25) is 0 Å². The second-order valence-corrected chi connectivity index (χ2v) is 5.26. The molecule has 2 atom stereocenters. The van der Waals surface area contributed by atoms with Crippen LogP contribution in [0.5, 0.6) is 0 Å². The van der Waals surface area contributed by atoms with Crippen LogP contribution in [0.1, 0.15) is 59.3 Å². The summed E-state index contributed by atoms with van der Waals surface area (Å²) in [4.78, 5) is 0. The van der Waals surface area contributed by atoms with Crippen molar-refractivity contribution in [1.82, 2.24) is 5.32 Å². The minimum Gasteiger partial charge on any atom is -0.314 e. The summed E-state index contributed by atoms with van der Waals surface area (Å²) >= 11 is 0. The molecule has 1 nitrogen and oxygen atoms in total. The molecule has 0 radical (unpaired) electrons. The monoisotopic (exact) mass is 197 g/mol. The number of hydrogen-bond acceptors (Lipinski definition) is 1. The molecule has 0 aromatic heterocycles. The lowest BCUT2D eigenvalue weighted by atomic mass is 9.82. The van der Waals surface area contributed by atoms with Gasteiger partial charge in [-0.25, -0.2) is 0 Å². The molecule has 1 N–H and O–H groups in total. The van der Waals surface area contributed by atoms with Gasteiger partial charge in [-0.3, -0.25) is 0 Å². The van der Waals surface area contributed by atoms with E-state index in [1.807, 2.05) is 0 Å². The number of hydrogen-bond donors (Lipinski definition) is 1. The molecule has 1 saturated carbocycles. The highest BCUT2D eigenvalue weighted by Crippen LogP contribution is 2.28. The Morgan fingerprint density at radius 1 is 1.29 bits per heavy atom. The van der Waals surface area contributed by atoms with Gasteiger partial charge in [-0.05, 0) is 31.2 Å². The van der Waals surface area contributed by atoms with Crippen LogP contribution < -0.4 is 5.32 Å². The Labute approximate surface area is 89.7 Å². The first-order valence-electron chi connectivity index (χ1n) is 6.45. The molecular weight excluding hydrogens is 170 g/mol. The van der Waals surface area contributed by atoms with Crippen LogP contribution in [0.3, 0.4) is 0 Å².